The highest BCUT2D eigenvalue weighted by Crippen LogP contribution is 2.16. The number of thiophene rings is 1. The molecule has 23 heavy (non-hydrogen) atoms. The number of amides is 1. The van der Waals surface area contributed by atoms with Gasteiger partial charge in [-0.05, 0) is 59.5 Å². The van der Waals surface area contributed by atoms with Gasteiger partial charge in [0.2, 0.25) is 5.91 Å². The van der Waals surface area contributed by atoms with E-state index in [2.05, 4.69) is 5.32 Å². The van der Waals surface area contributed by atoms with E-state index < -0.39 is 5.97 Å². The monoisotopic (exact) mass is 333 g/mol. The molecule has 0 saturated carbocycles. The maximum absolute atomic E-state index is 11.9. The molecule has 0 atom stereocenters. The lowest BCUT2D eigenvalue weighted by atomic mass is 10.2. The number of carbonyl (C=O) groups is 2. The normalized spacial score (nSPS) is 10.3. The first-order valence-corrected chi connectivity index (χ1v) is 8.33. The maximum Gasteiger partial charge on any atom is 0.303 e. The molecule has 0 aliphatic carbocycles. The Bertz CT molecular complexity index is 623. The molecule has 2 rings (SSSR count). The number of aliphatic carboxylic acids is 1. The van der Waals surface area contributed by atoms with Crippen LogP contribution in [0.15, 0.2) is 41.1 Å². The number of carboxylic acid groups (broad SMARTS) is 1. The number of ether oxygens (including phenoxy) is 1. The van der Waals surface area contributed by atoms with Crippen LogP contribution in [0.5, 0.6) is 5.75 Å². The van der Waals surface area contributed by atoms with Crippen molar-refractivity contribution in [1.82, 2.24) is 0 Å². The van der Waals surface area contributed by atoms with Crippen LogP contribution in [0.4, 0.5) is 5.69 Å². The molecule has 0 saturated heterocycles. The molecule has 0 bridgehead atoms. The van der Waals surface area contributed by atoms with Gasteiger partial charge in [0, 0.05) is 18.5 Å². The number of rotatable bonds is 9. The summed E-state index contributed by atoms with van der Waals surface area (Å²) in [4.78, 5) is 22.3. The van der Waals surface area contributed by atoms with Gasteiger partial charge in [0.25, 0.3) is 0 Å². The lowest BCUT2D eigenvalue weighted by molar-refractivity contribution is -0.137. The summed E-state index contributed by atoms with van der Waals surface area (Å²) < 4.78 is 5.44. The summed E-state index contributed by atoms with van der Waals surface area (Å²) in [7, 11) is 0. The smallest absolute Gasteiger partial charge is 0.303 e. The Labute approximate surface area is 138 Å². The van der Waals surface area contributed by atoms with Crippen molar-refractivity contribution >= 4 is 28.9 Å². The van der Waals surface area contributed by atoms with E-state index in [0.29, 0.717) is 25.2 Å². The van der Waals surface area contributed by atoms with Gasteiger partial charge < -0.3 is 15.2 Å². The molecule has 2 aromatic rings. The highest BCUT2D eigenvalue weighted by atomic mass is 32.1. The molecule has 1 heterocycles. The van der Waals surface area contributed by atoms with Crippen molar-refractivity contribution < 1.29 is 19.4 Å². The van der Waals surface area contributed by atoms with Crippen LogP contribution in [-0.2, 0) is 16.0 Å². The summed E-state index contributed by atoms with van der Waals surface area (Å²) in [5.74, 6) is -0.188. The maximum atomic E-state index is 11.9. The minimum Gasteiger partial charge on any atom is -0.494 e. The highest BCUT2D eigenvalue weighted by Gasteiger charge is 2.04. The SMILES string of the molecule is O=C(O)CCCOc1ccc(NC(=O)CCc2ccsc2)cc1. The van der Waals surface area contributed by atoms with Gasteiger partial charge in [-0.3, -0.25) is 9.59 Å². The quantitative estimate of drug-likeness (QED) is 0.688. The van der Waals surface area contributed by atoms with Crippen molar-refractivity contribution in [2.75, 3.05) is 11.9 Å². The van der Waals surface area contributed by atoms with Gasteiger partial charge in [-0.2, -0.15) is 11.3 Å². The minimum atomic E-state index is -0.825. The molecule has 2 N–H and O–H groups in total. The van der Waals surface area contributed by atoms with Crippen LogP contribution in [-0.4, -0.2) is 23.6 Å². The number of carboxylic acids is 1. The van der Waals surface area contributed by atoms with Crippen molar-refractivity contribution in [3.63, 3.8) is 0 Å². The van der Waals surface area contributed by atoms with E-state index in [9.17, 15) is 9.59 Å². The van der Waals surface area contributed by atoms with E-state index in [1.54, 1.807) is 35.6 Å². The molecule has 0 aliphatic rings. The zero-order valence-electron chi connectivity index (χ0n) is 12.7. The zero-order valence-corrected chi connectivity index (χ0v) is 13.5. The van der Waals surface area contributed by atoms with Crippen LogP contribution in [0.2, 0.25) is 0 Å². The molecule has 1 aromatic carbocycles. The van der Waals surface area contributed by atoms with Crippen molar-refractivity contribution in [2.24, 2.45) is 0 Å². The third-order valence-electron chi connectivity index (χ3n) is 3.16. The van der Waals surface area contributed by atoms with Gasteiger partial charge in [0.15, 0.2) is 0 Å². The summed E-state index contributed by atoms with van der Waals surface area (Å²) in [6, 6.07) is 9.09. The molecular formula is C17H19NO4S. The van der Waals surface area contributed by atoms with E-state index >= 15 is 0 Å². The number of hydrogen-bond donors (Lipinski definition) is 2. The van der Waals surface area contributed by atoms with Crippen molar-refractivity contribution in [2.45, 2.75) is 25.7 Å². The molecule has 1 aromatic heterocycles. The topological polar surface area (TPSA) is 75.6 Å². The first kappa shape index (κ1) is 17.0. The van der Waals surface area contributed by atoms with Crippen LogP contribution in [0.3, 0.4) is 0 Å². The Kier molecular flexibility index (Phi) is 6.62. The van der Waals surface area contributed by atoms with Crippen LogP contribution < -0.4 is 10.1 Å². The number of benzene rings is 1. The minimum absolute atomic E-state index is 0.0219. The number of aryl methyl sites for hydroxylation is 1. The Morgan fingerprint density at radius 1 is 1.13 bits per heavy atom. The standard InChI is InChI=1S/C17H19NO4S/c19-16(8-3-13-9-11-23-12-13)18-14-4-6-15(7-5-14)22-10-1-2-17(20)21/h4-7,9,11-12H,1-3,8,10H2,(H,18,19)(H,20,21). The predicted molar refractivity (Wildman–Crippen MR) is 90.1 cm³/mol. The lowest BCUT2D eigenvalue weighted by Crippen LogP contribution is -2.12. The molecule has 0 aliphatic heterocycles. The molecule has 122 valence electrons. The Morgan fingerprint density at radius 2 is 1.91 bits per heavy atom. The van der Waals surface area contributed by atoms with E-state index in [4.69, 9.17) is 9.84 Å². The van der Waals surface area contributed by atoms with Gasteiger partial charge in [0.1, 0.15) is 5.75 Å². The first-order chi connectivity index (χ1) is 11.1. The van der Waals surface area contributed by atoms with E-state index in [0.717, 1.165) is 12.1 Å². The molecule has 0 fully saturated rings. The third-order valence-corrected chi connectivity index (χ3v) is 3.89. The second-order valence-corrected chi connectivity index (χ2v) is 5.83. The number of carbonyl (C=O) groups excluding carboxylic acids is 1. The van der Waals surface area contributed by atoms with Crippen molar-refractivity contribution in [3.8, 4) is 5.75 Å². The summed E-state index contributed by atoms with van der Waals surface area (Å²) in [5.41, 5.74) is 1.90. The van der Waals surface area contributed by atoms with Crippen LogP contribution in [0, 0.1) is 0 Å². The zero-order chi connectivity index (χ0) is 16.5. The largest absolute Gasteiger partial charge is 0.494 e. The summed E-state index contributed by atoms with van der Waals surface area (Å²) in [6.07, 6.45) is 1.75. The van der Waals surface area contributed by atoms with E-state index in [1.165, 1.54) is 5.56 Å². The Hall–Kier alpha value is -2.34. The first-order valence-electron chi connectivity index (χ1n) is 7.39. The average molecular weight is 333 g/mol. The fourth-order valence-electron chi connectivity index (χ4n) is 1.96. The molecule has 0 radical (unpaired) electrons. The van der Waals surface area contributed by atoms with Gasteiger partial charge >= 0.3 is 5.97 Å². The Morgan fingerprint density at radius 3 is 2.57 bits per heavy atom. The Balaban J connectivity index is 1.71. The molecular weight excluding hydrogens is 314 g/mol. The van der Waals surface area contributed by atoms with Crippen molar-refractivity contribution in [3.05, 3.63) is 46.7 Å². The molecule has 6 heteroatoms. The number of hydrogen-bond acceptors (Lipinski definition) is 4. The van der Waals surface area contributed by atoms with Gasteiger partial charge in [0.05, 0.1) is 6.61 Å². The second kappa shape index (κ2) is 8.95. The van der Waals surface area contributed by atoms with Crippen LogP contribution in [0.25, 0.3) is 0 Å². The number of anilines is 1. The fraction of sp³-hybridized carbons (Fsp3) is 0.294. The van der Waals surface area contributed by atoms with Gasteiger partial charge in [-0.25, -0.2) is 0 Å². The molecule has 0 unspecified atom stereocenters. The third kappa shape index (κ3) is 6.52. The molecule has 5 nitrogen and oxygen atoms in total. The fourth-order valence-corrected chi connectivity index (χ4v) is 2.67. The van der Waals surface area contributed by atoms with Crippen LogP contribution >= 0.6 is 11.3 Å². The molecule has 0 spiro atoms. The van der Waals surface area contributed by atoms with Crippen molar-refractivity contribution in [1.29, 1.82) is 0 Å². The van der Waals surface area contributed by atoms with Crippen LogP contribution in [0.1, 0.15) is 24.8 Å². The molecule has 1 amide bonds. The van der Waals surface area contributed by atoms with E-state index in [-0.39, 0.29) is 12.3 Å². The summed E-state index contributed by atoms with van der Waals surface area (Å²) in [5, 5.41) is 15.4. The average Bonchev–Trinajstić information content (AvgIpc) is 3.04. The summed E-state index contributed by atoms with van der Waals surface area (Å²) in [6.45, 7) is 0.360. The second-order valence-electron chi connectivity index (χ2n) is 5.05. The number of nitrogens with one attached hydrogen (secondary N) is 1. The lowest BCUT2D eigenvalue weighted by Gasteiger charge is -2.08. The predicted octanol–water partition coefficient (Wildman–Crippen LogP) is 3.56. The van der Waals surface area contributed by atoms with Gasteiger partial charge in [-0.15, -0.1) is 0 Å². The summed E-state index contributed by atoms with van der Waals surface area (Å²) >= 11 is 1.63. The highest BCUT2D eigenvalue weighted by molar-refractivity contribution is 7.07. The van der Waals surface area contributed by atoms with E-state index in [1.807, 2.05) is 16.8 Å². The van der Waals surface area contributed by atoms with Gasteiger partial charge in [-0.1, -0.05) is 0 Å².